The molecule has 0 saturated heterocycles. The number of hydrogen-bond donors (Lipinski definition) is 0. The largest absolute Gasteiger partial charge is 0.291 e. The van der Waals surface area contributed by atoms with Crippen molar-refractivity contribution in [2.24, 2.45) is 0 Å². The highest BCUT2D eigenvalue weighted by Gasteiger charge is 2.21. The van der Waals surface area contributed by atoms with Crippen molar-refractivity contribution in [3.63, 3.8) is 0 Å². The van der Waals surface area contributed by atoms with Gasteiger partial charge in [0.05, 0.1) is 4.92 Å². The Balaban J connectivity index is 3.62. The molecule has 0 heterocycles. The Kier molecular flexibility index (Phi) is 2.81. The monoisotopic (exact) mass is 258 g/mol. The Labute approximate surface area is 87.2 Å². The van der Waals surface area contributed by atoms with E-state index in [9.17, 15) is 14.5 Å². The maximum absolute atomic E-state index is 13.3. The third-order valence-electron chi connectivity index (χ3n) is 1.74. The molecule has 6 heteroatoms. The van der Waals surface area contributed by atoms with Gasteiger partial charge in [-0.2, -0.15) is 5.26 Å². The zero-order valence-corrected chi connectivity index (χ0v) is 8.63. The van der Waals surface area contributed by atoms with E-state index in [0.29, 0.717) is 0 Å². The van der Waals surface area contributed by atoms with E-state index in [-0.39, 0.29) is 10.0 Å². The molecule has 0 radical (unpaired) electrons. The Morgan fingerprint density at radius 2 is 2.29 bits per heavy atom. The molecule has 0 spiro atoms. The van der Waals surface area contributed by atoms with Crippen LogP contribution in [-0.2, 0) is 0 Å². The van der Waals surface area contributed by atoms with E-state index in [1.54, 1.807) is 0 Å². The fraction of sp³-hybridized carbons (Fsp3) is 0.125. The molecule has 0 saturated carbocycles. The van der Waals surface area contributed by atoms with Crippen LogP contribution in [-0.4, -0.2) is 4.92 Å². The van der Waals surface area contributed by atoms with Crippen LogP contribution in [0.2, 0.25) is 0 Å². The maximum atomic E-state index is 13.3. The molecular weight excluding hydrogens is 255 g/mol. The molecule has 0 unspecified atom stereocenters. The Morgan fingerprint density at radius 1 is 1.71 bits per heavy atom. The zero-order chi connectivity index (χ0) is 10.9. The van der Waals surface area contributed by atoms with Crippen molar-refractivity contribution >= 4 is 21.6 Å². The summed E-state index contributed by atoms with van der Waals surface area (Å²) in [5, 5.41) is 19.0. The number of nitro groups is 1. The number of nitro benzene ring substituents is 1. The van der Waals surface area contributed by atoms with Gasteiger partial charge in [0.25, 0.3) is 5.69 Å². The van der Waals surface area contributed by atoms with Gasteiger partial charge in [0.1, 0.15) is 6.07 Å². The Bertz CT molecular complexity index is 454. The standard InChI is InChI=1S/C8H4BrFN2O2/c1-4-6(9)2-7(12(13)14)5(3-11)8(4)10/h2H,1H3. The van der Waals surface area contributed by atoms with E-state index in [1.807, 2.05) is 0 Å². The lowest BCUT2D eigenvalue weighted by atomic mass is 10.1. The van der Waals surface area contributed by atoms with Gasteiger partial charge in [-0.25, -0.2) is 4.39 Å². The predicted octanol–water partition coefficient (Wildman–Crippen LogP) is 2.68. The number of hydrogen-bond acceptors (Lipinski definition) is 3. The molecule has 0 N–H and O–H groups in total. The first-order chi connectivity index (χ1) is 6.49. The second kappa shape index (κ2) is 3.72. The summed E-state index contributed by atoms with van der Waals surface area (Å²) in [5.41, 5.74) is -0.870. The molecule has 1 aromatic carbocycles. The summed E-state index contributed by atoms with van der Waals surface area (Å²) in [6.07, 6.45) is 0. The maximum Gasteiger partial charge on any atom is 0.291 e. The topological polar surface area (TPSA) is 66.9 Å². The molecule has 4 nitrogen and oxygen atoms in total. The fourth-order valence-electron chi connectivity index (χ4n) is 0.956. The van der Waals surface area contributed by atoms with Gasteiger partial charge in [-0.15, -0.1) is 0 Å². The lowest BCUT2D eigenvalue weighted by Crippen LogP contribution is -1.98. The first-order valence-corrected chi connectivity index (χ1v) is 4.31. The molecule has 0 atom stereocenters. The molecule has 0 amide bonds. The summed E-state index contributed by atoms with van der Waals surface area (Å²) in [6.45, 7) is 1.43. The number of nitriles is 1. The van der Waals surface area contributed by atoms with Crippen molar-refractivity contribution in [3.8, 4) is 6.07 Å². The van der Waals surface area contributed by atoms with Gasteiger partial charge in [-0.05, 0) is 6.92 Å². The minimum atomic E-state index is -0.853. The summed E-state index contributed by atoms with van der Waals surface area (Å²) in [4.78, 5) is 9.68. The van der Waals surface area contributed by atoms with Crippen LogP contribution in [0.4, 0.5) is 10.1 Å². The second-order valence-electron chi connectivity index (χ2n) is 2.56. The zero-order valence-electron chi connectivity index (χ0n) is 7.04. The van der Waals surface area contributed by atoms with Crippen molar-refractivity contribution in [2.75, 3.05) is 0 Å². The van der Waals surface area contributed by atoms with E-state index in [4.69, 9.17) is 5.26 Å². The third kappa shape index (κ3) is 1.59. The third-order valence-corrected chi connectivity index (χ3v) is 2.56. The first-order valence-electron chi connectivity index (χ1n) is 3.52. The van der Waals surface area contributed by atoms with E-state index in [0.717, 1.165) is 6.07 Å². The second-order valence-corrected chi connectivity index (χ2v) is 3.41. The number of halogens is 2. The van der Waals surface area contributed by atoms with Crippen LogP contribution >= 0.6 is 15.9 Å². The molecule has 0 aliphatic heterocycles. The molecule has 0 bridgehead atoms. The summed E-state index contributed by atoms with van der Waals surface area (Å²) in [7, 11) is 0. The van der Waals surface area contributed by atoms with Gasteiger partial charge < -0.3 is 0 Å². The van der Waals surface area contributed by atoms with Gasteiger partial charge in [0.15, 0.2) is 11.4 Å². The molecule has 0 aromatic heterocycles. The molecule has 1 rings (SSSR count). The van der Waals surface area contributed by atoms with Crippen LogP contribution in [0.1, 0.15) is 11.1 Å². The average molecular weight is 259 g/mol. The van der Waals surface area contributed by atoms with Crippen molar-refractivity contribution in [3.05, 3.63) is 37.6 Å². The number of nitrogens with zero attached hydrogens (tertiary/aromatic N) is 2. The van der Waals surface area contributed by atoms with Crippen LogP contribution in [0.5, 0.6) is 0 Å². The lowest BCUT2D eigenvalue weighted by Gasteiger charge is -2.02. The van der Waals surface area contributed by atoms with Crippen LogP contribution in [0.25, 0.3) is 0 Å². The number of benzene rings is 1. The SMILES string of the molecule is Cc1c(Br)cc([N+](=O)[O-])c(C#N)c1F. The van der Waals surface area contributed by atoms with E-state index < -0.39 is 22.0 Å². The lowest BCUT2D eigenvalue weighted by molar-refractivity contribution is -0.385. The summed E-state index contributed by atoms with van der Waals surface area (Å²) in [6, 6.07) is 2.60. The molecule has 72 valence electrons. The molecule has 1 aromatic rings. The average Bonchev–Trinajstić information content (AvgIpc) is 2.13. The Morgan fingerprint density at radius 3 is 2.71 bits per heavy atom. The molecule has 0 aliphatic carbocycles. The first kappa shape index (κ1) is 10.6. The van der Waals surface area contributed by atoms with Gasteiger partial charge in [0, 0.05) is 16.1 Å². The smallest absolute Gasteiger partial charge is 0.258 e. The summed E-state index contributed by atoms with van der Waals surface area (Å²) < 4.78 is 13.6. The molecule has 0 fully saturated rings. The van der Waals surface area contributed by atoms with E-state index in [1.165, 1.54) is 13.0 Å². The van der Waals surface area contributed by atoms with Crippen LogP contribution < -0.4 is 0 Å². The van der Waals surface area contributed by atoms with Crippen molar-refractivity contribution in [2.45, 2.75) is 6.92 Å². The Hall–Kier alpha value is -1.48. The van der Waals surface area contributed by atoms with Gasteiger partial charge in [-0.1, -0.05) is 15.9 Å². The highest BCUT2D eigenvalue weighted by Crippen LogP contribution is 2.29. The minimum Gasteiger partial charge on any atom is -0.258 e. The van der Waals surface area contributed by atoms with Crippen LogP contribution in [0.3, 0.4) is 0 Å². The predicted molar refractivity (Wildman–Crippen MR) is 50.2 cm³/mol. The molecular formula is C8H4BrFN2O2. The fourth-order valence-corrected chi connectivity index (χ4v) is 1.35. The summed E-state index contributed by atoms with van der Waals surface area (Å²) >= 11 is 2.97. The summed E-state index contributed by atoms with van der Waals surface area (Å²) in [5.74, 6) is -0.853. The van der Waals surface area contributed by atoms with E-state index >= 15 is 0 Å². The van der Waals surface area contributed by atoms with Gasteiger partial charge in [-0.3, -0.25) is 10.1 Å². The van der Waals surface area contributed by atoms with E-state index in [2.05, 4.69) is 15.9 Å². The normalized spacial score (nSPS) is 9.57. The van der Waals surface area contributed by atoms with Crippen LogP contribution in [0.15, 0.2) is 10.5 Å². The highest BCUT2D eigenvalue weighted by molar-refractivity contribution is 9.10. The van der Waals surface area contributed by atoms with Gasteiger partial charge >= 0.3 is 0 Å². The highest BCUT2D eigenvalue weighted by atomic mass is 79.9. The molecule has 14 heavy (non-hydrogen) atoms. The van der Waals surface area contributed by atoms with Crippen molar-refractivity contribution in [1.29, 1.82) is 5.26 Å². The number of rotatable bonds is 1. The van der Waals surface area contributed by atoms with Gasteiger partial charge in [0.2, 0.25) is 0 Å². The van der Waals surface area contributed by atoms with Crippen LogP contribution in [0, 0.1) is 34.2 Å². The quantitative estimate of drug-likeness (QED) is 0.575. The van der Waals surface area contributed by atoms with Crippen molar-refractivity contribution in [1.82, 2.24) is 0 Å². The molecule has 0 aliphatic rings. The van der Waals surface area contributed by atoms with Crippen molar-refractivity contribution < 1.29 is 9.31 Å². The minimum absolute atomic E-state index is 0.187.